The number of nitrogens with zero attached hydrogens (tertiary/aromatic N) is 6. The monoisotopic (exact) mass is 572 g/mol. The van der Waals surface area contributed by atoms with E-state index in [4.69, 9.17) is 9.47 Å². The summed E-state index contributed by atoms with van der Waals surface area (Å²) in [5.41, 5.74) is 1.36. The van der Waals surface area contributed by atoms with Gasteiger partial charge in [-0.1, -0.05) is 12.1 Å². The molecule has 8 nitrogen and oxygen atoms in total. The lowest BCUT2D eigenvalue weighted by Gasteiger charge is -2.37. The highest BCUT2D eigenvalue weighted by molar-refractivity contribution is 7.80. The van der Waals surface area contributed by atoms with Crippen molar-refractivity contribution in [3.8, 4) is 34.3 Å². The number of hydrogen-bond donors (Lipinski definition) is 1. The second kappa shape index (κ2) is 11.2. The molecule has 0 radical (unpaired) electrons. The van der Waals surface area contributed by atoms with Crippen molar-refractivity contribution in [2.45, 2.75) is 11.1 Å². The molecule has 0 aliphatic carbocycles. The van der Waals surface area contributed by atoms with E-state index in [0.29, 0.717) is 59.5 Å². The van der Waals surface area contributed by atoms with E-state index in [2.05, 4.69) is 32.6 Å². The summed E-state index contributed by atoms with van der Waals surface area (Å²) < 4.78 is 66.3. The van der Waals surface area contributed by atoms with Crippen molar-refractivity contribution in [3.63, 3.8) is 0 Å². The molecule has 1 aliphatic rings. The molecule has 4 aromatic rings. The molecule has 1 aliphatic heterocycles. The van der Waals surface area contributed by atoms with Crippen LogP contribution in [0.1, 0.15) is 5.82 Å². The average Bonchev–Trinajstić information content (AvgIpc) is 2.96. The van der Waals surface area contributed by atoms with Gasteiger partial charge in [0.25, 0.3) is 0 Å². The number of thiol groups is 1. The van der Waals surface area contributed by atoms with E-state index >= 15 is 0 Å². The van der Waals surface area contributed by atoms with E-state index in [9.17, 15) is 17.6 Å². The van der Waals surface area contributed by atoms with Gasteiger partial charge in [0.1, 0.15) is 17.5 Å². The predicted molar refractivity (Wildman–Crippen MR) is 145 cm³/mol. The van der Waals surface area contributed by atoms with Gasteiger partial charge in [0.2, 0.25) is 11.7 Å². The summed E-state index contributed by atoms with van der Waals surface area (Å²) in [5, 5.41) is 0. The molecule has 3 heterocycles. The standard InChI is InChI=1S/C27H24F4N6O2S/c1-38-21-15-20(32-26(33-21)39-2)36-10-12-37(13-11-36)24-22(17-4-3-5-19(40)14-17)23(16-6-8-18(28)9-7-16)34-25(35-24)27(29,30)31/h3-9,14-15,40H,10-13H2,1-2H3. The number of rotatable bonds is 6. The van der Waals surface area contributed by atoms with Crippen molar-refractivity contribution in [1.29, 1.82) is 0 Å². The zero-order valence-corrected chi connectivity index (χ0v) is 22.4. The lowest BCUT2D eigenvalue weighted by atomic mass is 9.98. The Morgan fingerprint density at radius 3 is 2.12 bits per heavy atom. The third kappa shape index (κ3) is 5.74. The van der Waals surface area contributed by atoms with Crippen LogP contribution in [0.5, 0.6) is 11.9 Å². The van der Waals surface area contributed by atoms with E-state index < -0.39 is 17.8 Å². The molecule has 0 N–H and O–H groups in total. The van der Waals surface area contributed by atoms with Gasteiger partial charge in [-0.2, -0.15) is 23.1 Å². The molecule has 0 saturated carbocycles. The van der Waals surface area contributed by atoms with Crippen LogP contribution >= 0.6 is 12.6 Å². The summed E-state index contributed by atoms with van der Waals surface area (Å²) in [7, 11) is 2.93. The summed E-state index contributed by atoms with van der Waals surface area (Å²) in [6.45, 7) is 1.51. The fourth-order valence-electron chi connectivity index (χ4n) is 4.45. The first-order valence-electron chi connectivity index (χ1n) is 12.2. The van der Waals surface area contributed by atoms with Crippen molar-refractivity contribution in [2.24, 2.45) is 0 Å². The molecule has 0 bridgehead atoms. The zero-order chi connectivity index (χ0) is 28.4. The smallest absolute Gasteiger partial charge is 0.451 e. The van der Waals surface area contributed by atoms with Crippen molar-refractivity contribution in [3.05, 3.63) is 66.2 Å². The molecular formula is C27H24F4N6O2S. The maximum Gasteiger partial charge on any atom is 0.451 e. The highest BCUT2D eigenvalue weighted by atomic mass is 32.1. The second-order valence-electron chi connectivity index (χ2n) is 8.88. The van der Waals surface area contributed by atoms with E-state index in [-0.39, 0.29) is 17.5 Å². The van der Waals surface area contributed by atoms with Crippen molar-refractivity contribution >= 4 is 24.3 Å². The number of halogens is 4. The summed E-state index contributed by atoms with van der Waals surface area (Å²) in [6, 6.07) is 14.0. The first-order chi connectivity index (χ1) is 19.2. The van der Waals surface area contributed by atoms with Gasteiger partial charge in [-0.3, -0.25) is 0 Å². The lowest BCUT2D eigenvalue weighted by molar-refractivity contribution is -0.144. The maximum absolute atomic E-state index is 14.1. The number of anilines is 2. The highest BCUT2D eigenvalue weighted by Gasteiger charge is 2.38. The molecular weight excluding hydrogens is 548 g/mol. The number of hydrogen-bond acceptors (Lipinski definition) is 9. The quantitative estimate of drug-likeness (QED) is 0.244. The van der Waals surface area contributed by atoms with E-state index in [1.165, 1.54) is 38.5 Å². The van der Waals surface area contributed by atoms with Crippen molar-refractivity contribution in [2.75, 3.05) is 50.2 Å². The molecule has 1 fully saturated rings. The minimum atomic E-state index is -4.80. The van der Waals surface area contributed by atoms with Crippen LogP contribution in [0.3, 0.4) is 0 Å². The third-order valence-corrected chi connectivity index (χ3v) is 6.64. The Labute approximate surface area is 233 Å². The summed E-state index contributed by atoms with van der Waals surface area (Å²) in [4.78, 5) is 20.8. The molecule has 0 spiro atoms. The molecule has 13 heteroatoms. The van der Waals surface area contributed by atoms with Crippen LogP contribution in [-0.2, 0) is 6.18 Å². The van der Waals surface area contributed by atoms with Crippen LogP contribution in [0, 0.1) is 5.82 Å². The first kappa shape index (κ1) is 27.4. The Hall–Kier alpha value is -4.13. The van der Waals surface area contributed by atoms with Crippen LogP contribution in [0.2, 0.25) is 0 Å². The Morgan fingerprint density at radius 2 is 1.50 bits per heavy atom. The Balaban J connectivity index is 1.60. The van der Waals surface area contributed by atoms with Gasteiger partial charge in [-0.25, -0.2) is 14.4 Å². The van der Waals surface area contributed by atoms with Crippen molar-refractivity contribution < 1.29 is 27.0 Å². The van der Waals surface area contributed by atoms with E-state index in [1.807, 2.05) is 4.90 Å². The Morgan fingerprint density at radius 1 is 0.800 bits per heavy atom. The summed E-state index contributed by atoms with van der Waals surface area (Å²) >= 11 is 4.43. The highest BCUT2D eigenvalue weighted by Crippen LogP contribution is 2.41. The SMILES string of the molecule is COc1cc(N2CCN(c3nc(C(F)(F)F)nc(-c4ccc(F)cc4)c3-c3cccc(S)c3)CC2)nc(OC)n1. The summed E-state index contributed by atoms with van der Waals surface area (Å²) in [6.07, 6.45) is -4.80. The number of benzene rings is 2. The number of alkyl halides is 3. The maximum atomic E-state index is 14.1. The molecule has 0 amide bonds. The van der Waals surface area contributed by atoms with Gasteiger partial charge < -0.3 is 19.3 Å². The van der Waals surface area contributed by atoms with Crippen LogP contribution in [0.4, 0.5) is 29.2 Å². The van der Waals surface area contributed by atoms with Crippen LogP contribution in [0.15, 0.2) is 59.5 Å². The van der Waals surface area contributed by atoms with Gasteiger partial charge in [-0.05, 0) is 42.0 Å². The summed E-state index contributed by atoms with van der Waals surface area (Å²) in [5.74, 6) is -0.773. The molecule has 0 atom stereocenters. The van der Waals surface area contributed by atoms with Crippen LogP contribution in [0.25, 0.3) is 22.4 Å². The number of methoxy groups -OCH3 is 2. The normalized spacial score (nSPS) is 13.9. The molecule has 0 unspecified atom stereocenters. The predicted octanol–water partition coefficient (Wildman–Crippen LogP) is 5.39. The minimum Gasteiger partial charge on any atom is -0.481 e. The average molecular weight is 573 g/mol. The topological polar surface area (TPSA) is 76.5 Å². The Bertz CT molecular complexity index is 1490. The zero-order valence-electron chi connectivity index (χ0n) is 21.5. The fourth-order valence-corrected chi connectivity index (χ4v) is 4.67. The number of ether oxygens (including phenoxy) is 2. The molecule has 2 aromatic carbocycles. The molecule has 208 valence electrons. The van der Waals surface area contributed by atoms with Gasteiger partial charge in [0.15, 0.2) is 0 Å². The minimum absolute atomic E-state index is 0.0453. The molecule has 2 aromatic heterocycles. The number of aromatic nitrogens is 4. The third-order valence-electron chi connectivity index (χ3n) is 6.36. The van der Waals surface area contributed by atoms with Crippen molar-refractivity contribution in [1.82, 2.24) is 19.9 Å². The van der Waals surface area contributed by atoms with Crippen LogP contribution in [-0.4, -0.2) is 60.3 Å². The largest absolute Gasteiger partial charge is 0.481 e. The molecule has 40 heavy (non-hydrogen) atoms. The fraction of sp³-hybridized carbons (Fsp3) is 0.259. The molecule has 5 rings (SSSR count). The van der Waals surface area contributed by atoms with Crippen LogP contribution < -0.4 is 19.3 Å². The van der Waals surface area contributed by atoms with E-state index in [1.54, 1.807) is 35.2 Å². The Kier molecular flexibility index (Phi) is 7.66. The van der Waals surface area contributed by atoms with Gasteiger partial charge in [-0.15, -0.1) is 12.6 Å². The molecule has 1 saturated heterocycles. The lowest BCUT2D eigenvalue weighted by Crippen LogP contribution is -2.47. The van der Waals surface area contributed by atoms with Gasteiger partial charge in [0.05, 0.1) is 25.5 Å². The number of piperazine rings is 1. The first-order valence-corrected chi connectivity index (χ1v) is 12.6. The second-order valence-corrected chi connectivity index (χ2v) is 9.40. The van der Waals surface area contributed by atoms with E-state index in [0.717, 1.165) is 0 Å². The van der Waals surface area contributed by atoms with Gasteiger partial charge >= 0.3 is 12.2 Å². The van der Waals surface area contributed by atoms with Gasteiger partial charge in [0, 0.05) is 42.7 Å².